The lowest BCUT2D eigenvalue weighted by Crippen LogP contribution is -2.25. The molecule has 0 aliphatic carbocycles. The van der Waals surface area contributed by atoms with Gasteiger partial charge in [0.25, 0.3) is 0 Å². The minimum atomic E-state index is -0.248. The standard InChI is InChI=1S/C18H27ClO2/c1-6-13(2)15-7-9-16(10-8-15)14(3)17(20)21-12-18(4,5)11-19/h7-10,13-14H,6,11-12H2,1-5H3. The average Bonchev–Trinajstić information content (AvgIpc) is 2.51. The molecule has 3 heteroatoms. The van der Waals surface area contributed by atoms with Crippen molar-refractivity contribution >= 4 is 17.6 Å². The number of halogens is 1. The zero-order valence-electron chi connectivity index (χ0n) is 13.8. The second kappa shape index (κ2) is 7.84. The Morgan fingerprint density at radius 2 is 1.71 bits per heavy atom. The molecule has 0 amide bonds. The average molecular weight is 311 g/mol. The van der Waals surface area contributed by atoms with E-state index in [0.29, 0.717) is 18.4 Å². The quantitative estimate of drug-likeness (QED) is 0.516. The highest BCUT2D eigenvalue weighted by Crippen LogP contribution is 2.24. The third-order valence-corrected chi connectivity index (χ3v) is 4.66. The van der Waals surface area contributed by atoms with Crippen LogP contribution in [0.4, 0.5) is 0 Å². The zero-order chi connectivity index (χ0) is 16.0. The van der Waals surface area contributed by atoms with Gasteiger partial charge in [0.1, 0.15) is 0 Å². The van der Waals surface area contributed by atoms with E-state index in [4.69, 9.17) is 16.3 Å². The second-order valence-electron chi connectivity index (χ2n) is 6.60. The Morgan fingerprint density at radius 1 is 1.19 bits per heavy atom. The van der Waals surface area contributed by atoms with Crippen LogP contribution in [-0.2, 0) is 9.53 Å². The molecule has 0 aliphatic heterocycles. The topological polar surface area (TPSA) is 26.3 Å². The maximum absolute atomic E-state index is 12.1. The molecule has 0 heterocycles. The van der Waals surface area contributed by atoms with Crippen LogP contribution < -0.4 is 0 Å². The molecule has 0 aromatic heterocycles. The second-order valence-corrected chi connectivity index (χ2v) is 6.87. The fraction of sp³-hybridized carbons (Fsp3) is 0.611. The number of rotatable bonds is 7. The van der Waals surface area contributed by atoms with Crippen LogP contribution >= 0.6 is 11.6 Å². The minimum absolute atomic E-state index is 0.183. The Labute approximate surface area is 133 Å². The Balaban J connectivity index is 2.66. The molecule has 118 valence electrons. The van der Waals surface area contributed by atoms with E-state index in [1.165, 1.54) is 5.56 Å². The van der Waals surface area contributed by atoms with E-state index in [9.17, 15) is 4.79 Å². The maximum atomic E-state index is 12.1. The number of ether oxygens (including phenoxy) is 1. The van der Waals surface area contributed by atoms with Crippen LogP contribution in [0.1, 0.15) is 64.0 Å². The minimum Gasteiger partial charge on any atom is -0.465 e. The van der Waals surface area contributed by atoms with Crippen LogP contribution in [0.2, 0.25) is 0 Å². The van der Waals surface area contributed by atoms with Crippen molar-refractivity contribution in [3.05, 3.63) is 35.4 Å². The van der Waals surface area contributed by atoms with Gasteiger partial charge in [-0.15, -0.1) is 11.6 Å². The molecule has 2 unspecified atom stereocenters. The summed E-state index contributed by atoms with van der Waals surface area (Å²) >= 11 is 5.84. The third kappa shape index (κ3) is 5.35. The summed E-state index contributed by atoms with van der Waals surface area (Å²) in [5.41, 5.74) is 2.12. The van der Waals surface area contributed by atoms with Crippen molar-refractivity contribution in [1.82, 2.24) is 0 Å². The van der Waals surface area contributed by atoms with E-state index in [1.807, 2.05) is 32.9 Å². The summed E-state index contributed by atoms with van der Waals surface area (Å²) in [4.78, 5) is 12.1. The number of carbonyl (C=O) groups is 1. The van der Waals surface area contributed by atoms with Gasteiger partial charge in [-0.05, 0) is 30.4 Å². The first-order valence-corrected chi connectivity index (χ1v) is 8.16. The van der Waals surface area contributed by atoms with Crippen LogP contribution in [0, 0.1) is 5.41 Å². The summed E-state index contributed by atoms with van der Waals surface area (Å²) in [5.74, 6) is 0.579. The van der Waals surface area contributed by atoms with Crippen LogP contribution in [0.3, 0.4) is 0 Å². The van der Waals surface area contributed by atoms with E-state index in [1.54, 1.807) is 0 Å². The normalized spacial score (nSPS) is 14.6. The van der Waals surface area contributed by atoms with Crippen LogP contribution in [0.25, 0.3) is 0 Å². The fourth-order valence-corrected chi connectivity index (χ4v) is 1.99. The summed E-state index contributed by atoms with van der Waals surface area (Å²) in [7, 11) is 0. The first-order valence-electron chi connectivity index (χ1n) is 7.63. The molecule has 2 atom stereocenters. The van der Waals surface area contributed by atoms with Crippen molar-refractivity contribution in [2.75, 3.05) is 12.5 Å². The molecule has 0 bridgehead atoms. The van der Waals surface area contributed by atoms with E-state index in [-0.39, 0.29) is 17.3 Å². The van der Waals surface area contributed by atoms with Gasteiger partial charge in [0.05, 0.1) is 12.5 Å². The Bertz CT molecular complexity index is 451. The van der Waals surface area contributed by atoms with Crippen LogP contribution in [-0.4, -0.2) is 18.5 Å². The molecule has 0 N–H and O–H groups in total. The number of esters is 1. The zero-order valence-corrected chi connectivity index (χ0v) is 14.5. The fourth-order valence-electron chi connectivity index (χ4n) is 1.92. The van der Waals surface area contributed by atoms with Gasteiger partial charge in [-0.2, -0.15) is 0 Å². The van der Waals surface area contributed by atoms with E-state index >= 15 is 0 Å². The Hall–Kier alpha value is -1.02. The highest BCUT2D eigenvalue weighted by atomic mass is 35.5. The molecule has 1 aromatic carbocycles. The molecule has 1 rings (SSSR count). The van der Waals surface area contributed by atoms with Crippen molar-refractivity contribution in [3.8, 4) is 0 Å². The molecule has 0 saturated carbocycles. The van der Waals surface area contributed by atoms with Gasteiger partial charge in [0.2, 0.25) is 0 Å². The number of hydrogen-bond acceptors (Lipinski definition) is 2. The van der Waals surface area contributed by atoms with Crippen molar-refractivity contribution in [2.24, 2.45) is 5.41 Å². The van der Waals surface area contributed by atoms with Gasteiger partial charge >= 0.3 is 5.97 Å². The lowest BCUT2D eigenvalue weighted by molar-refractivity contribution is -0.147. The molecule has 1 aromatic rings. The van der Waals surface area contributed by atoms with Gasteiger partial charge in [0.15, 0.2) is 0 Å². The van der Waals surface area contributed by atoms with Crippen molar-refractivity contribution in [3.63, 3.8) is 0 Å². The summed E-state index contributed by atoms with van der Waals surface area (Å²) in [6.07, 6.45) is 1.12. The lowest BCUT2D eigenvalue weighted by atomic mass is 9.94. The lowest BCUT2D eigenvalue weighted by Gasteiger charge is -2.22. The first kappa shape index (κ1) is 18.0. The van der Waals surface area contributed by atoms with Crippen molar-refractivity contribution in [1.29, 1.82) is 0 Å². The van der Waals surface area contributed by atoms with Gasteiger partial charge in [-0.25, -0.2) is 0 Å². The molecule has 0 saturated heterocycles. The largest absolute Gasteiger partial charge is 0.465 e. The Kier molecular flexibility index (Phi) is 6.73. The molecule has 2 nitrogen and oxygen atoms in total. The van der Waals surface area contributed by atoms with Crippen molar-refractivity contribution < 1.29 is 9.53 Å². The predicted octanol–water partition coefficient (Wildman–Crippen LogP) is 5.11. The van der Waals surface area contributed by atoms with Gasteiger partial charge < -0.3 is 4.74 Å². The number of hydrogen-bond donors (Lipinski definition) is 0. The SMILES string of the molecule is CCC(C)c1ccc(C(C)C(=O)OCC(C)(C)CCl)cc1. The first-order chi connectivity index (χ1) is 9.80. The van der Waals surface area contributed by atoms with E-state index in [0.717, 1.165) is 12.0 Å². The van der Waals surface area contributed by atoms with Gasteiger partial charge in [-0.3, -0.25) is 4.79 Å². The summed E-state index contributed by atoms with van der Waals surface area (Å²) < 4.78 is 5.39. The summed E-state index contributed by atoms with van der Waals surface area (Å²) in [5, 5.41) is 0. The van der Waals surface area contributed by atoms with Crippen molar-refractivity contribution in [2.45, 2.75) is 52.9 Å². The molecule has 0 fully saturated rings. The molecular formula is C18H27ClO2. The van der Waals surface area contributed by atoms with Gasteiger partial charge in [-0.1, -0.05) is 52.0 Å². The smallest absolute Gasteiger partial charge is 0.313 e. The number of carbonyl (C=O) groups excluding carboxylic acids is 1. The monoisotopic (exact) mass is 310 g/mol. The maximum Gasteiger partial charge on any atom is 0.313 e. The number of alkyl halides is 1. The van der Waals surface area contributed by atoms with E-state index < -0.39 is 0 Å². The summed E-state index contributed by atoms with van der Waals surface area (Å²) in [6.45, 7) is 10.6. The predicted molar refractivity (Wildman–Crippen MR) is 89.0 cm³/mol. The Morgan fingerprint density at radius 3 is 2.19 bits per heavy atom. The molecular weight excluding hydrogens is 284 g/mol. The highest BCUT2D eigenvalue weighted by Gasteiger charge is 2.22. The van der Waals surface area contributed by atoms with Gasteiger partial charge in [0, 0.05) is 11.3 Å². The molecule has 0 aliphatic rings. The number of benzene rings is 1. The third-order valence-electron chi connectivity index (χ3n) is 3.94. The van der Waals surface area contributed by atoms with Crippen LogP contribution in [0.5, 0.6) is 0 Å². The molecule has 0 spiro atoms. The van der Waals surface area contributed by atoms with E-state index in [2.05, 4.69) is 26.0 Å². The summed E-state index contributed by atoms with van der Waals surface area (Å²) in [6, 6.07) is 8.27. The molecule has 21 heavy (non-hydrogen) atoms. The molecule has 0 radical (unpaired) electrons. The van der Waals surface area contributed by atoms with Crippen LogP contribution in [0.15, 0.2) is 24.3 Å². The highest BCUT2D eigenvalue weighted by molar-refractivity contribution is 6.18.